The largest absolute Gasteiger partial charge is 0.235 e. The molecule has 82 valence electrons. The standard InChI is InChI=1S/C11H13N5/c1-8-5-10(6-12-15-8)3-4-11-7-13-16-9(2)14-11/h5-7H,3-4H2,1-2H3. The average molecular weight is 215 g/mol. The van der Waals surface area contributed by atoms with E-state index in [4.69, 9.17) is 0 Å². The second kappa shape index (κ2) is 4.74. The normalized spacial score (nSPS) is 10.4. The van der Waals surface area contributed by atoms with Crippen molar-refractivity contribution in [3.8, 4) is 0 Å². The Bertz CT molecular complexity index is 438. The van der Waals surface area contributed by atoms with E-state index in [0.717, 1.165) is 24.2 Å². The van der Waals surface area contributed by atoms with Crippen LogP contribution >= 0.6 is 0 Å². The molecule has 2 rings (SSSR count). The minimum Gasteiger partial charge on any atom is -0.235 e. The van der Waals surface area contributed by atoms with Crippen molar-refractivity contribution < 1.29 is 0 Å². The van der Waals surface area contributed by atoms with Crippen LogP contribution in [-0.2, 0) is 12.8 Å². The molecule has 2 aromatic rings. The van der Waals surface area contributed by atoms with Gasteiger partial charge in [0, 0.05) is 0 Å². The third-order valence-corrected chi connectivity index (χ3v) is 2.22. The highest BCUT2D eigenvalue weighted by atomic mass is 15.1. The summed E-state index contributed by atoms with van der Waals surface area (Å²) < 4.78 is 0. The summed E-state index contributed by atoms with van der Waals surface area (Å²) in [4.78, 5) is 4.30. The molecule has 2 aromatic heterocycles. The molecule has 0 radical (unpaired) electrons. The van der Waals surface area contributed by atoms with Gasteiger partial charge >= 0.3 is 0 Å². The van der Waals surface area contributed by atoms with E-state index < -0.39 is 0 Å². The molecule has 0 aliphatic heterocycles. The molecule has 0 saturated heterocycles. The maximum atomic E-state index is 4.30. The summed E-state index contributed by atoms with van der Waals surface area (Å²) in [5, 5.41) is 15.5. The zero-order chi connectivity index (χ0) is 11.4. The number of rotatable bonds is 3. The van der Waals surface area contributed by atoms with Crippen molar-refractivity contribution in [2.24, 2.45) is 0 Å². The Balaban J connectivity index is 2.02. The lowest BCUT2D eigenvalue weighted by atomic mass is 10.1. The maximum Gasteiger partial charge on any atom is 0.148 e. The lowest BCUT2D eigenvalue weighted by Gasteiger charge is -2.01. The molecule has 0 saturated carbocycles. The molecule has 0 aromatic carbocycles. The molecular weight excluding hydrogens is 202 g/mol. The highest BCUT2D eigenvalue weighted by Crippen LogP contribution is 2.04. The van der Waals surface area contributed by atoms with E-state index in [1.807, 2.05) is 19.9 Å². The highest BCUT2D eigenvalue weighted by Gasteiger charge is 2.00. The fourth-order valence-electron chi connectivity index (χ4n) is 1.50. The molecule has 0 spiro atoms. The number of aromatic nitrogens is 5. The molecule has 5 nitrogen and oxygen atoms in total. The Hall–Kier alpha value is -1.91. The van der Waals surface area contributed by atoms with Gasteiger partial charge in [0.15, 0.2) is 0 Å². The van der Waals surface area contributed by atoms with Gasteiger partial charge in [0.25, 0.3) is 0 Å². The second-order valence-corrected chi connectivity index (χ2v) is 3.70. The van der Waals surface area contributed by atoms with E-state index in [1.54, 1.807) is 12.4 Å². The van der Waals surface area contributed by atoms with Crippen LogP contribution in [0.15, 0.2) is 18.5 Å². The van der Waals surface area contributed by atoms with E-state index >= 15 is 0 Å². The van der Waals surface area contributed by atoms with Crippen LogP contribution in [0.5, 0.6) is 0 Å². The molecule has 0 N–H and O–H groups in total. The molecule has 0 aliphatic carbocycles. The van der Waals surface area contributed by atoms with Crippen LogP contribution in [0.2, 0.25) is 0 Å². The zero-order valence-corrected chi connectivity index (χ0v) is 9.38. The van der Waals surface area contributed by atoms with E-state index in [2.05, 4.69) is 25.4 Å². The molecule has 0 amide bonds. The Morgan fingerprint density at radius 1 is 1.00 bits per heavy atom. The van der Waals surface area contributed by atoms with Crippen molar-refractivity contribution in [2.75, 3.05) is 0 Å². The van der Waals surface area contributed by atoms with E-state index in [9.17, 15) is 0 Å². The Labute approximate surface area is 94.0 Å². The predicted octanol–water partition coefficient (Wildman–Crippen LogP) is 1.06. The smallest absolute Gasteiger partial charge is 0.148 e. The molecule has 2 heterocycles. The summed E-state index contributed by atoms with van der Waals surface area (Å²) >= 11 is 0. The van der Waals surface area contributed by atoms with E-state index in [1.165, 1.54) is 5.56 Å². The summed E-state index contributed by atoms with van der Waals surface area (Å²) in [6, 6.07) is 2.04. The van der Waals surface area contributed by atoms with Gasteiger partial charge in [-0.2, -0.15) is 15.3 Å². The summed E-state index contributed by atoms with van der Waals surface area (Å²) in [5.41, 5.74) is 3.07. The van der Waals surface area contributed by atoms with Crippen LogP contribution < -0.4 is 0 Å². The Morgan fingerprint density at radius 2 is 1.81 bits per heavy atom. The van der Waals surface area contributed by atoms with Gasteiger partial charge in [-0.3, -0.25) is 0 Å². The SMILES string of the molecule is Cc1cc(CCc2cnnc(C)n2)cnn1. The van der Waals surface area contributed by atoms with Crippen molar-refractivity contribution in [1.29, 1.82) is 0 Å². The fraction of sp³-hybridized carbons (Fsp3) is 0.364. The van der Waals surface area contributed by atoms with Gasteiger partial charge in [-0.25, -0.2) is 4.98 Å². The van der Waals surface area contributed by atoms with E-state index in [0.29, 0.717) is 5.82 Å². The van der Waals surface area contributed by atoms with Crippen LogP contribution in [0.1, 0.15) is 22.8 Å². The van der Waals surface area contributed by atoms with Crippen molar-refractivity contribution >= 4 is 0 Å². The molecule has 16 heavy (non-hydrogen) atoms. The summed E-state index contributed by atoms with van der Waals surface area (Å²) in [6.45, 7) is 3.78. The predicted molar refractivity (Wildman–Crippen MR) is 58.7 cm³/mol. The first-order valence-corrected chi connectivity index (χ1v) is 5.17. The highest BCUT2D eigenvalue weighted by molar-refractivity contribution is 5.13. The van der Waals surface area contributed by atoms with Gasteiger partial charge in [0.05, 0.1) is 23.8 Å². The summed E-state index contributed by atoms with van der Waals surface area (Å²) in [7, 11) is 0. The van der Waals surface area contributed by atoms with Crippen LogP contribution in [0.4, 0.5) is 0 Å². The second-order valence-electron chi connectivity index (χ2n) is 3.70. The quantitative estimate of drug-likeness (QED) is 0.766. The summed E-state index contributed by atoms with van der Waals surface area (Å²) in [5.74, 6) is 0.710. The number of nitrogens with zero attached hydrogens (tertiary/aromatic N) is 5. The lowest BCUT2D eigenvalue weighted by Crippen LogP contribution is -2.00. The first kappa shape index (κ1) is 10.6. The maximum absolute atomic E-state index is 4.30. The Morgan fingerprint density at radius 3 is 2.56 bits per heavy atom. The minimum atomic E-state index is 0.710. The fourth-order valence-corrected chi connectivity index (χ4v) is 1.50. The third kappa shape index (κ3) is 2.79. The molecule has 0 aliphatic rings. The van der Waals surface area contributed by atoms with Gasteiger partial charge in [0.1, 0.15) is 5.82 Å². The molecule has 5 heteroatoms. The number of hydrogen-bond acceptors (Lipinski definition) is 5. The lowest BCUT2D eigenvalue weighted by molar-refractivity contribution is 0.814. The van der Waals surface area contributed by atoms with Crippen molar-refractivity contribution in [1.82, 2.24) is 25.4 Å². The van der Waals surface area contributed by atoms with Crippen molar-refractivity contribution in [2.45, 2.75) is 26.7 Å². The minimum absolute atomic E-state index is 0.710. The van der Waals surface area contributed by atoms with Crippen LogP contribution in [0.25, 0.3) is 0 Å². The van der Waals surface area contributed by atoms with Gasteiger partial charge in [0.2, 0.25) is 0 Å². The molecule has 0 atom stereocenters. The molecule has 0 fully saturated rings. The first-order chi connectivity index (χ1) is 7.74. The topological polar surface area (TPSA) is 64.5 Å². The summed E-state index contributed by atoms with van der Waals surface area (Å²) in [6.07, 6.45) is 5.24. The number of hydrogen-bond donors (Lipinski definition) is 0. The van der Waals surface area contributed by atoms with Gasteiger partial charge < -0.3 is 0 Å². The first-order valence-electron chi connectivity index (χ1n) is 5.17. The monoisotopic (exact) mass is 215 g/mol. The van der Waals surface area contributed by atoms with Gasteiger partial charge in [-0.1, -0.05) is 0 Å². The Kier molecular flexibility index (Phi) is 3.14. The van der Waals surface area contributed by atoms with Gasteiger partial charge in [-0.15, -0.1) is 5.10 Å². The number of aryl methyl sites for hydroxylation is 4. The third-order valence-electron chi connectivity index (χ3n) is 2.22. The van der Waals surface area contributed by atoms with Crippen LogP contribution in [0.3, 0.4) is 0 Å². The van der Waals surface area contributed by atoms with Crippen molar-refractivity contribution in [3.63, 3.8) is 0 Å². The van der Waals surface area contributed by atoms with Crippen LogP contribution in [0, 0.1) is 13.8 Å². The van der Waals surface area contributed by atoms with Crippen LogP contribution in [-0.4, -0.2) is 25.4 Å². The zero-order valence-electron chi connectivity index (χ0n) is 9.38. The average Bonchev–Trinajstić information content (AvgIpc) is 2.27. The van der Waals surface area contributed by atoms with E-state index in [-0.39, 0.29) is 0 Å². The molecular formula is C11H13N5. The molecule has 0 unspecified atom stereocenters. The molecule has 0 bridgehead atoms. The van der Waals surface area contributed by atoms with Crippen molar-refractivity contribution in [3.05, 3.63) is 41.2 Å². The van der Waals surface area contributed by atoms with Gasteiger partial charge in [-0.05, 0) is 38.3 Å².